The van der Waals surface area contributed by atoms with Crippen molar-refractivity contribution in [2.75, 3.05) is 13.2 Å². The summed E-state index contributed by atoms with van der Waals surface area (Å²) >= 11 is 0. The van der Waals surface area contributed by atoms with Crippen molar-refractivity contribution in [1.82, 2.24) is 9.13 Å². The molecule has 0 amide bonds. The van der Waals surface area contributed by atoms with Crippen molar-refractivity contribution >= 4 is 43.6 Å². The van der Waals surface area contributed by atoms with Gasteiger partial charge in [-0.15, -0.1) is 0 Å². The summed E-state index contributed by atoms with van der Waals surface area (Å²) in [7, 11) is 0. The van der Waals surface area contributed by atoms with E-state index in [0.717, 1.165) is 54.7 Å². The summed E-state index contributed by atoms with van der Waals surface area (Å²) in [5.41, 5.74) is 7.53. The van der Waals surface area contributed by atoms with Crippen LogP contribution in [0.2, 0.25) is 0 Å². The Morgan fingerprint density at radius 1 is 0.438 bits per heavy atom. The number of halogens is 4. The molecule has 8 aromatic carbocycles. The molecule has 0 aliphatic heterocycles. The largest absolute Gasteiger partial charge is 4.00 e. The first kappa shape index (κ1) is 45.9. The maximum absolute atomic E-state index is 15.0. The van der Waals surface area contributed by atoms with Gasteiger partial charge in [0, 0.05) is 50.5 Å². The first-order chi connectivity index (χ1) is 29.7. The van der Waals surface area contributed by atoms with Gasteiger partial charge in [0.1, 0.15) is 23.1 Å². The van der Waals surface area contributed by atoms with Crippen LogP contribution in [0.25, 0.3) is 77.2 Å². The fraction of sp³-hybridized carbons (Fsp3) is 0.0943. The van der Waals surface area contributed by atoms with Gasteiger partial charge in [-0.1, -0.05) is 96.4 Å². The van der Waals surface area contributed by atoms with Gasteiger partial charge in [0.25, 0.3) is 0 Å². The molecule has 316 valence electrons. The van der Waals surface area contributed by atoms with Gasteiger partial charge in [0.05, 0.1) is 35.3 Å². The molecule has 2 heterocycles. The van der Waals surface area contributed by atoms with Crippen LogP contribution in [0.1, 0.15) is 17.5 Å². The van der Waals surface area contributed by atoms with Gasteiger partial charge >= 0.3 is 25.8 Å². The molecular formula is C53H38Cl2F2HfN2O4. The smallest absolute Gasteiger partial charge is 1.00 e. The topological polar surface area (TPSA) is 74.4 Å². The van der Waals surface area contributed by atoms with Crippen molar-refractivity contribution in [3.8, 4) is 56.6 Å². The van der Waals surface area contributed by atoms with E-state index in [-0.39, 0.29) is 75.4 Å². The SMILES string of the molecule is Cc1cc(-c2cc(F)ccc2OCCCOc2ccc(F)cc2-c2cc(C)cc(-n3c4ccccc4c4ccccc43)c2[O-])c([O-])c(-n2c3ccccc3c3ccccc32)c1.[Cl-].[Cl-].[Hf+4]. The number of hydrogen-bond donors (Lipinski definition) is 0. The van der Waals surface area contributed by atoms with Crippen molar-refractivity contribution in [3.63, 3.8) is 0 Å². The standard InChI is InChI=1S/C53H40F2N2O4.2ClH.Hf/c1-32-26-42(52(58)48(28-32)56-44-16-7-3-12-36(44)37-13-4-8-17-45(37)56)40-30-34(54)20-22-50(40)60-24-11-25-61-51-23-21-35(55)31-41(51)43-27-33(2)29-49(53(43)59)57-46-18-9-5-14-38(46)39-15-6-10-19-47(39)57;;;/h3-10,12-23,26-31,58-59H,11,24-25H2,1-2H3;2*1H;/q;;;+4/p-4. The van der Waals surface area contributed by atoms with Gasteiger partial charge in [-0.05, 0) is 109 Å². The zero-order chi connectivity index (χ0) is 41.8. The van der Waals surface area contributed by atoms with Crippen molar-refractivity contribution in [2.45, 2.75) is 20.3 Å². The summed E-state index contributed by atoms with van der Waals surface area (Å²) < 4.78 is 46.3. The molecule has 0 spiro atoms. The first-order valence-corrected chi connectivity index (χ1v) is 20.2. The molecule has 0 saturated heterocycles. The fourth-order valence-corrected chi connectivity index (χ4v) is 8.70. The third-order valence-corrected chi connectivity index (χ3v) is 11.3. The van der Waals surface area contributed by atoms with Crippen LogP contribution in [0, 0.1) is 25.5 Å². The van der Waals surface area contributed by atoms with Crippen LogP contribution in [0.15, 0.2) is 158 Å². The Labute approximate surface area is 399 Å². The quantitative estimate of drug-likeness (QED) is 0.123. The van der Waals surface area contributed by atoms with E-state index in [9.17, 15) is 19.0 Å². The van der Waals surface area contributed by atoms with Crippen LogP contribution in [0.4, 0.5) is 8.78 Å². The summed E-state index contributed by atoms with van der Waals surface area (Å²) in [6.45, 7) is 4.17. The van der Waals surface area contributed by atoms with Gasteiger partial charge < -0.3 is 53.6 Å². The van der Waals surface area contributed by atoms with E-state index in [1.54, 1.807) is 12.1 Å². The second kappa shape index (κ2) is 18.9. The number of rotatable bonds is 10. The minimum absolute atomic E-state index is 0. The normalized spacial score (nSPS) is 11.1. The number of fused-ring (bicyclic) bond motifs is 6. The Hall–Kier alpha value is -6.13. The zero-order valence-corrected chi connectivity index (χ0v) is 39.8. The summed E-state index contributed by atoms with van der Waals surface area (Å²) in [6.07, 6.45) is 0.392. The van der Waals surface area contributed by atoms with Crippen molar-refractivity contribution in [1.29, 1.82) is 0 Å². The molecule has 11 heteroatoms. The van der Waals surface area contributed by atoms with E-state index in [4.69, 9.17) is 9.47 Å². The number of para-hydroxylation sites is 4. The monoisotopic (exact) mass is 1050 g/mol. The third kappa shape index (κ3) is 8.13. The predicted octanol–water partition coefficient (Wildman–Crippen LogP) is 6.11. The van der Waals surface area contributed by atoms with Crippen LogP contribution in [-0.4, -0.2) is 22.3 Å². The molecule has 0 fully saturated rings. The number of ether oxygens (including phenoxy) is 2. The Balaban J connectivity index is 0.00000204. The number of aryl methyl sites for hydroxylation is 2. The minimum Gasteiger partial charge on any atom is -1.00 e. The molecular weight excluding hydrogens is 1020 g/mol. The maximum atomic E-state index is 15.0. The first-order valence-electron chi connectivity index (χ1n) is 20.2. The van der Waals surface area contributed by atoms with Gasteiger partial charge in [-0.2, -0.15) is 0 Å². The summed E-state index contributed by atoms with van der Waals surface area (Å²) in [6, 6.07) is 47.5. The average molecular weight is 1050 g/mol. The predicted molar refractivity (Wildman–Crippen MR) is 236 cm³/mol. The van der Waals surface area contributed by atoms with Crippen LogP contribution in [-0.2, 0) is 25.8 Å². The molecule has 0 aliphatic carbocycles. The van der Waals surface area contributed by atoms with Gasteiger partial charge in [0.15, 0.2) is 0 Å². The Morgan fingerprint density at radius 2 is 0.766 bits per heavy atom. The van der Waals surface area contributed by atoms with E-state index in [2.05, 4.69) is 0 Å². The molecule has 0 saturated carbocycles. The summed E-state index contributed by atoms with van der Waals surface area (Å²) in [4.78, 5) is 0. The summed E-state index contributed by atoms with van der Waals surface area (Å²) in [5, 5.41) is 33.0. The van der Waals surface area contributed by atoms with E-state index in [1.807, 2.05) is 132 Å². The van der Waals surface area contributed by atoms with Crippen LogP contribution in [0.5, 0.6) is 23.0 Å². The van der Waals surface area contributed by atoms with E-state index < -0.39 is 11.6 Å². The minimum atomic E-state index is -0.496. The number of nitrogens with zero attached hydrogens (tertiary/aromatic N) is 2. The Kier molecular flexibility index (Phi) is 13.6. The Bertz CT molecular complexity index is 3020. The van der Waals surface area contributed by atoms with Crippen molar-refractivity contribution in [3.05, 3.63) is 180 Å². The van der Waals surface area contributed by atoms with Gasteiger partial charge in [-0.25, -0.2) is 8.78 Å². The molecule has 10 rings (SSSR count). The van der Waals surface area contributed by atoms with Gasteiger partial charge in [-0.3, -0.25) is 0 Å². The molecule has 0 N–H and O–H groups in total. The Morgan fingerprint density at radius 3 is 1.11 bits per heavy atom. The van der Waals surface area contributed by atoms with Crippen molar-refractivity contribution in [2.24, 2.45) is 0 Å². The van der Waals surface area contributed by atoms with E-state index in [1.165, 1.54) is 36.4 Å². The van der Waals surface area contributed by atoms with Crippen LogP contribution < -0.4 is 44.5 Å². The average Bonchev–Trinajstić information content (AvgIpc) is 3.79. The molecule has 10 aromatic rings. The summed E-state index contributed by atoms with van der Waals surface area (Å²) in [5.74, 6) is -0.792. The fourth-order valence-electron chi connectivity index (χ4n) is 8.70. The second-order valence-electron chi connectivity index (χ2n) is 15.4. The zero-order valence-electron chi connectivity index (χ0n) is 34.7. The molecule has 2 aromatic heterocycles. The van der Waals surface area contributed by atoms with Gasteiger partial charge in [0.2, 0.25) is 0 Å². The second-order valence-corrected chi connectivity index (χ2v) is 15.4. The molecule has 0 unspecified atom stereocenters. The third-order valence-electron chi connectivity index (χ3n) is 11.3. The van der Waals surface area contributed by atoms with Crippen molar-refractivity contribution < 1.29 is 79.1 Å². The number of aromatic nitrogens is 2. The molecule has 64 heavy (non-hydrogen) atoms. The molecule has 0 bridgehead atoms. The molecule has 0 atom stereocenters. The number of benzene rings is 8. The molecule has 0 aliphatic rings. The molecule has 0 radical (unpaired) electrons. The van der Waals surface area contributed by atoms with E-state index in [0.29, 0.717) is 51.5 Å². The maximum Gasteiger partial charge on any atom is 4.00 e. The van der Waals surface area contributed by atoms with Crippen LogP contribution >= 0.6 is 0 Å². The van der Waals surface area contributed by atoms with E-state index >= 15 is 0 Å². The van der Waals surface area contributed by atoms with Crippen LogP contribution in [0.3, 0.4) is 0 Å². The number of hydrogen-bond acceptors (Lipinski definition) is 4. The molecule has 6 nitrogen and oxygen atoms in total.